The maximum atomic E-state index is 11.1. The molecule has 0 spiro atoms. The van der Waals surface area contributed by atoms with E-state index >= 15 is 0 Å². The molecule has 1 aliphatic rings. The number of hydrogen-bond acceptors (Lipinski definition) is 2. The van der Waals surface area contributed by atoms with Gasteiger partial charge in [-0.3, -0.25) is 15.0 Å². The molecule has 0 aromatic heterocycles. The van der Waals surface area contributed by atoms with Gasteiger partial charge in [-0.05, 0) is 23.8 Å². The zero-order chi connectivity index (χ0) is 16.4. The van der Waals surface area contributed by atoms with Gasteiger partial charge < -0.3 is 0 Å². The molecule has 1 aliphatic heterocycles. The van der Waals surface area contributed by atoms with Crippen molar-refractivity contribution in [3.63, 3.8) is 0 Å². The van der Waals surface area contributed by atoms with Gasteiger partial charge in [-0.25, -0.2) is 0 Å². The zero-order valence-electron chi connectivity index (χ0n) is 12.2. The van der Waals surface area contributed by atoms with Crippen molar-refractivity contribution in [2.45, 2.75) is 12.6 Å². The third-order valence-corrected chi connectivity index (χ3v) is 4.78. The molecular weight excluding hydrogens is 335 g/mol. The lowest BCUT2D eigenvalue weighted by Gasteiger charge is -2.28. The molecule has 1 N–H and O–H groups in total. The molecular formula is C17H15Cl2N2O2+. The molecule has 118 valence electrons. The first-order valence-corrected chi connectivity index (χ1v) is 7.99. The van der Waals surface area contributed by atoms with Gasteiger partial charge in [0.1, 0.15) is 6.54 Å². The van der Waals surface area contributed by atoms with Crippen molar-refractivity contribution in [2.75, 3.05) is 6.54 Å². The van der Waals surface area contributed by atoms with E-state index in [1.54, 1.807) is 18.2 Å². The van der Waals surface area contributed by atoms with Crippen LogP contribution in [-0.4, -0.2) is 11.5 Å². The number of quaternary nitrogens is 1. The van der Waals surface area contributed by atoms with E-state index < -0.39 is 0 Å². The van der Waals surface area contributed by atoms with Crippen molar-refractivity contribution in [3.05, 3.63) is 85.5 Å². The Kier molecular flexibility index (Phi) is 4.66. The van der Waals surface area contributed by atoms with Gasteiger partial charge in [0.2, 0.25) is 0 Å². The lowest BCUT2D eigenvalue weighted by Crippen LogP contribution is -3.07. The molecule has 0 fully saturated rings. The summed E-state index contributed by atoms with van der Waals surface area (Å²) < 4.78 is 0. The summed E-state index contributed by atoms with van der Waals surface area (Å²) in [4.78, 5) is 11.8. The maximum absolute atomic E-state index is 11.1. The normalized spacial score (nSPS) is 19.4. The third-order valence-electron chi connectivity index (χ3n) is 4.07. The first-order valence-electron chi connectivity index (χ1n) is 7.23. The fourth-order valence-electron chi connectivity index (χ4n) is 2.94. The maximum Gasteiger partial charge on any atom is 0.259 e. The highest BCUT2D eigenvalue weighted by atomic mass is 35.5. The number of nitrogens with zero attached hydrogens (tertiary/aromatic N) is 1. The Morgan fingerprint density at radius 1 is 1.09 bits per heavy atom. The van der Waals surface area contributed by atoms with Crippen LogP contribution in [0.5, 0.6) is 0 Å². The number of nitrogens with one attached hydrogen (secondary N) is 1. The Morgan fingerprint density at radius 3 is 2.48 bits per heavy atom. The Labute approximate surface area is 144 Å². The minimum atomic E-state index is -0.269. The summed E-state index contributed by atoms with van der Waals surface area (Å²) in [5, 5.41) is 12.3. The predicted octanol–water partition coefficient (Wildman–Crippen LogP) is 3.38. The van der Waals surface area contributed by atoms with Crippen LogP contribution in [0.25, 0.3) is 6.08 Å². The van der Waals surface area contributed by atoms with Crippen LogP contribution >= 0.6 is 23.2 Å². The predicted molar refractivity (Wildman–Crippen MR) is 91.2 cm³/mol. The van der Waals surface area contributed by atoms with E-state index in [2.05, 4.69) is 0 Å². The topological polar surface area (TPSA) is 47.6 Å². The van der Waals surface area contributed by atoms with Gasteiger partial charge in [0, 0.05) is 16.1 Å². The quantitative estimate of drug-likeness (QED) is 0.679. The molecule has 6 heteroatoms. The minimum Gasteiger partial charge on any atom is -0.293 e. The molecule has 0 radical (unpaired) electrons. The summed E-state index contributed by atoms with van der Waals surface area (Å²) in [6, 6.07) is 12.9. The van der Waals surface area contributed by atoms with Gasteiger partial charge in [-0.2, -0.15) is 0 Å². The second kappa shape index (κ2) is 6.71. The first-order chi connectivity index (χ1) is 11.1. The number of fused-ring (bicyclic) bond motifs is 1. The van der Waals surface area contributed by atoms with E-state index in [-0.39, 0.29) is 17.5 Å². The highest BCUT2D eigenvalue weighted by Crippen LogP contribution is 2.25. The average Bonchev–Trinajstić information content (AvgIpc) is 2.52. The molecule has 0 saturated carbocycles. The number of halogens is 2. The van der Waals surface area contributed by atoms with E-state index in [4.69, 9.17) is 23.2 Å². The zero-order valence-corrected chi connectivity index (χ0v) is 13.7. The van der Waals surface area contributed by atoms with Gasteiger partial charge in [0.05, 0.1) is 16.2 Å². The Bertz CT molecular complexity index is 757. The molecule has 0 bridgehead atoms. The number of benzene rings is 2. The summed E-state index contributed by atoms with van der Waals surface area (Å²) in [7, 11) is 0. The van der Waals surface area contributed by atoms with Gasteiger partial charge >= 0.3 is 0 Å². The lowest BCUT2D eigenvalue weighted by molar-refractivity contribution is -0.903. The molecule has 0 amide bonds. The van der Waals surface area contributed by atoms with Crippen molar-refractivity contribution in [1.29, 1.82) is 0 Å². The van der Waals surface area contributed by atoms with Crippen LogP contribution in [0.4, 0.5) is 0 Å². The third kappa shape index (κ3) is 3.39. The SMILES string of the molecule is O=[N+]([O-])C[C@@H]1c2ccccc2C=C[NH+]1Cc1c(Cl)cccc1Cl. The summed E-state index contributed by atoms with van der Waals surface area (Å²) in [6.45, 7) is 0.362. The largest absolute Gasteiger partial charge is 0.293 e. The summed E-state index contributed by atoms with van der Waals surface area (Å²) in [5.41, 5.74) is 2.81. The minimum absolute atomic E-state index is 0.140. The van der Waals surface area contributed by atoms with E-state index in [0.29, 0.717) is 16.6 Å². The fraction of sp³-hybridized carbons (Fsp3) is 0.176. The van der Waals surface area contributed by atoms with Crippen molar-refractivity contribution in [2.24, 2.45) is 0 Å². The Morgan fingerprint density at radius 2 is 1.78 bits per heavy atom. The van der Waals surface area contributed by atoms with Gasteiger partial charge in [-0.1, -0.05) is 53.5 Å². The van der Waals surface area contributed by atoms with Crippen molar-refractivity contribution < 1.29 is 9.82 Å². The number of rotatable bonds is 4. The second-order valence-corrected chi connectivity index (χ2v) is 6.30. The van der Waals surface area contributed by atoms with Crippen LogP contribution in [-0.2, 0) is 6.54 Å². The Balaban J connectivity index is 1.96. The van der Waals surface area contributed by atoms with Crippen LogP contribution in [0.2, 0.25) is 10.0 Å². The van der Waals surface area contributed by atoms with Crippen LogP contribution in [0.1, 0.15) is 22.7 Å². The summed E-state index contributed by atoms with van der Waals surface area (Å²) >= 11 is 12.5. The molecule has 23 heavy (non-hydrogen) atoms. The van der Waals surface area contributed by atoms with Crippen molar-refractivity contribution in [3.8, 4) is 0 Å². The molecule has 2 aromatic rings. The van der Waals surface area contributed by atoms with E-state index in [1.807, 2.05) is 36.5 Å². The standard InChI is InChI=1S/C17H14Cl2N2O2/c18-15-6-3-7-16(19)14(15)10-20-9-8-12-4-1-2-5-13(12)17(20)11-21(22)23/h1-9,17H,10-11H2/p+1/t17-/m1/s1. The van der Waals surface area contributed by atoms with Crippen molar-refractivity contribution >= 4 is 29.3 Å². The lowest BCUT2D eigenvalue weighted by atomic mass is 9.95. The Hall–Kier alpha value is -1.88. The van der Waals surface area contributed by atoms with Gasteiger partial charge in [0.15, 0.2) is 6.04 Å². The van der Waals surface area contributed by atoms with E-state index in [0.717, 1.165) is 21.6 Å². The number of hydrogen-bond donors (Lipinski definition) is 1. The van der Waals surface area contributed by atoms with E-state index in [1.165, 1.54) is 0 Å². The van der Waals surface area contributed by atoms with Gasteiger partial charge in [0.25, 0.3) is 6.54 Å². The first kappa shape index (κ1) is 16.0. The molecule has 2 atom stereocenters. The monoisotopic (exact) mass is 349 g/mol. The van der Waals surface area contributed by atoms with Crippen LogP contribution in [0.3, 0.4) is 0 Å². The summed E-state index contributed by atoms with van der Waals surface area (Å²) in [6.07, 6.45) is 3.95. The van der Waals surface area contributed by atoms with Crippen LogP contribution < -0.4 is 4.90 Å². The second-order valence-electron chi connectivity index (χ2n) is 5.48. The van der Waals surface area contributed by atoms with Crippen LogP contribution in [0.15, 0.2) is 48.7 Å². The van der Waals surface area contributed by atoms with Crippen molar-refractivity contribution in [1.82, 2.24) is 0 Å². The molecule has 0 saturated heterocycles. The number of nitro groups is 1. The average molecular weight is 350 g/mol. The van der Waals surface area contributed by atoms with E-state index in [9.17, 15) is 10.1 Å². The van der Waals surface area contributed by atoms with Crippen LogP contribution in [0, 0.1) is 10.1 Å². The van der Waals surface area contributed by atoms with Gasteiger partial charge in [-0.15, -0.1) is 0 Å². The molecule has 2 aromatic carbocycles. The molecule has 1 heterocycles. The highest BCUT2D eigenvalue weighted by molar-refractivity contribution is 6.35. The molecule has 0 aliphatic carbocycles. The summed E-state index contributed by atoms with van der Waals surface area (Å²) in [5.74, 6) is 0. The smallest absolute Gasteiger partial charge is 0.259 e. The molecule has 1 unspecified atom stereocenters. The molecule has 3 rings (SSSR count). The fourth-order valence-corrected chi connectivity index (χ4v) is 3.48. The highest BCUT2D eigenvalue weighted by Gasteiger charge is 2.33. The molecule has 4 nitrogen and oxygen atoms in total.